The molecular weight excluding hydrogens is 466 g/mol. The number of fused-ring (bicyclic) bond motifs is 1. The number of nitrogens with zero attached hydrogens (tertiary/aromatic N) is 3. The Morgan fingerprint density at radius 3 is 2.58 bits per heavy atom. The molecule has 1 atom stereocenters. The Balaban J connectivity index is 1.37. The molecule has 11 heteroatoms. The third kappa shape index (κ3) is 5.58. The molecule has 1 aliphatic rings. The predicted octanol–water partition coefficient (Wildman–Crippen LogP) is 3.98. The first kappa shape index (κ1) is 22.9. The van der Waals surface area contributed by atoms with Crippen molar-refractivity contribution in [2.45, 2.75) is 37.2 Å². The summed E-state index contributed by atoms with van der Waals surface area (Å²) >= 11 is 7.15. The number of amides is 2. The van der Waals surface area contributed by atoms with Gasteiger partial charge in [0.25, 0.3) is 0 Å². The molecule has 1 aromatic heterocycles. The summed E-state index contributed by atoms with van der Waals surface area (Å²) in [5.41, 5.74) is 1.27. The molecule has 0 spiro atoms. The molecule has 172 valence electrons. The number of aromatic nitrogens is 3. The van der Waals surface area contributed by atoms with E-state index < -0.39 is 5.25 Å². The maximum Gasteiger partial charge on any atom is 0.237 e. The molecule has 2 amide bonds. The lowest BCUT2D eigenvalue weighted by atomic mass is 10.2. The number of hydrogen-bond donors (Lipinski definition) is 2. The Hall–Kier alpha value is -3.24. The highest BCUT2D eigenvalue weighted by atomic mass is 35.5. The lowest BCUT2D eigenvalue weighted by molar-refractivity contribution is -0.116. The van der Waals surface area contributed by atoms with Crippen LogP contribution in [0.4, 0.5) is 11.4 Å². The number of carbonyl (C=O) groups excluding carboxylic acids is 2. The van der Waals surface area contributed by atoms with Gasteiger partial charge in [-0.3, -0.25) is 9.59 Å². The standard InChI is InChI=1S/C22H22ClN5O4S/c1-3-28-19(11-20(29)24-15-6-4-14(23)5-7-15)26-27-22(28)33-13(2)21(30)25-16-8-9-17-18(10-16)32-12-31-17/h4-10,13H,3,11-12H2,1-2H3,(H,24,29)(H,25,30). The molecule has 33 heavy (non-hydrogen) atoms. The van der Waals surface area contributed by atoms with Crippen LogP contribution in [0.3, 0.4) is 0 Å². The lowest BCUT2D eigenvalue weighted by Gasteiger charge is -2.13. The van der Waals surface area contributed by atoms with E-state index in [1.807, 2.05) is 11.5 Å². The van der Waals surface area contributed by atoms with Gasteiger partial charge < -0.3 is 24.7 Å². The second-order valence-electron chi connectivity index (χ2n) is 7.19. The van der Waals surface area contributed by atoms with E-state index in [4.69, 9.17) is 21.1 Å². The van der Waals surface area contributed by atoms with Crippen LogP contribution in [0.5, 0.6) is 11.5 Å². The van der Waals surface area contributed by atoms with Crippen LogP contribution in [-0.4, -0.2) is 38.6 Å². The van der Waals surface area contributed by atoms with Gasteiger partial charge in [-0.1, -0.05) is 23.4 Å². The van der Waals surface area contributed by atoms with E-state index in [2.05, 4.69) is 20.8 Å². The van der Waals surface area contributed by atoms with Crippen LogP contribution in [0, 0.1) is 0 Å². The van der Waals surface area contributed by atoms with E-state index in [-0.39, 0.29) is 25.0 Å². The zero-order chi connectivity index (χ0) is 23.4. The zero-order valence-electron chi connectivity index (χ0n) is 18.0. The first-order chi connectivity index (χ1) is 15.9. The minimum atomic E-state index is -0.444. The van der Waals surface area contributed by atoms with Crippen molar-refractivity contribution in [3.63, 3.8) is 0 Å². The quantitative estimate of drug-likeness (QED) is 0.463. The second-order valence-corrected chi connectivity index (χ2v) is 8.94. The molecule has 2 aromatic carbocycles. The molecule has 4 rings (SSSR count). The monoisotopic (exact) mass is 487 g/mol. The second kappa shape index (κ2) is 10.1. The summed E-state index contributed by atoms with van der Waals surface area (Å²) in [5.74, 6) is 1.37. The van der Waals surface area contributed by atoms with E-state index in [9.17, 15) is 9.59 Å². The van der Waals surface area contributed by atoms with E-state index in [1.54, 1.807) is 49.4 Å². The van der Waals surface area contributed by atoms with Crippen LogP contribution < -0.4 is 20.1 Å². The normalized spacial score (nSPS) is 12.9. The van der Waals surface area contributed by atoms with Crippen molar-refractivity contribution >= 4 is 46.6 Å². The number of thioether (sulfide) groups is 1. The third-order valence-corrected chi connectivity index (χ3v) is 6.18. The van der Waals surface area contributed by atoms with Crippen molar-refractivity contribution in [2.24, 2.45) is 0 Å². The summed E-state index contributed by atoms with van der Waals surface area (Å²) in [6, 6.07) is 12.1. The van der Waals surface area contributed by atoms with Gasteiger partial charge in [-0.15, -0.1) is 10.2 Å². The van der Waals surface area contributed by atoms with Crippen molar-refractivity contribution in [2.75, 3.05) is 17.4 Å². The van der Waals surface area contributed by atoms with Gasteiger partial charge in [0.05, 0.1) is 11.7 Å². The average Bonchev–Trinajstić information content (AvgIpc) is 3.41. The number of nitrogens with one attached hydrogen (secondary N) is 2. The summed E-state index contributed by atoms with van der Waals surface area (Å²) < 4.78 is 12.5. The maximum atomic E-state index is 12.7. The Labute approximate surface area is 199 Å². The number of hydrogen-bond acceptors (Lipinski definition) is 7. The molecule has 0 saturated heterocycles. The Morgan fingerprint density at radius 1 is 1.09 bits per heavy atom. The number of rotatable bonds is 8. The summed E-state index contributed by atoms with van der Waals surface area (Å²) in [4.78, 5) is 25.1. The first-order valence-electron chi connectivity index (χ1n) is 10.3. The molecule has 0 bridgehead atoms. The molecule has 2 heterocycles. The lowest BCUT2D eigenvalue weighted by Crippen LogP contribution is -2.23. The third-order valence-electron chi connectivity index (χ3n) is 4.85. The van der Waals surface area contributed by atoms with Gasteiger partial charge >= 0.3 is 0 Å². The van der Waals surface area contributed by atoms with Crippen LogP contribution in [0.2, 0.25) is 5.02 Å². The Kier molecular flexibility index (Phi) is 7.05. The summed E-state index contributed by atoms with van der Waals surface area (Å²) in [6.45, 7) is 4.46. The fourth-order valence-electron chi connectivity index (χ4n) is 3.17. The number of ether oxygens (including phenoxy) is 2. The molecule has 9 nitrogen and oxygen atoms in total. The predicted molar refractivity (Wildman–Crippen MR) is 126 cm³/mol. The molecule has 0 radical (unpaired) electrons. The molecule has 0 saturated carbocycles. The van der Waals surface area contributed by atoms with E-state index in [0.29, 0.717) is 45.4 Å². The van der Waals surface area contributed by atoms with Crippen molar-refractivity contribution < 1.29 is 19.1 Å². The van der Waals surface area contributed by atoms with Crippen LogP contribution in [0.1, 0.15) is 19.7 Å². The van der Waals surface area contributed by atoms with Crippen LogP contribution in [0.15, 0.2) is 47.6 Å². The fraction of sp³-hybridized carbons (Fsp3) is 0.273. The van der Waals surface area contributed by atoms with Gasteiger partial charge in [0.1, 0.15) is 5.82 Å². The van der Waals surface area contributed by atoms with Gasteiger partial charge in [0, 0.05) is 29.0 Å². The summed E-state index contributed by atoms with van der Waals surface area (Å²) in [6.07, 6.45) is 0.0573. The highest BCUT2D eigenvalue weighted by molar-refractivity contribution is 8.00. The fourth-order valence-corrected chi connectivity index (χ4v) is 4.22. The molecular formula is C22H22ClN5O4S. The zero-order valence-corrected chi connectivity index (χ0v) is 19.6. The summed E-state index contributed by atoms with van der Waals surface area (Å²) in [7, 11) is 0. The molecule has 1 unspecified atom stereocenters. The van der Waals surface area contributed by atoms with Crippen molar-refractivity contribution in [3.8, 4) is 11.5 Å². The number of carbonyl (C=O) groups is 2. The average molecular weight is 488 g/mol. The Morgan fingerprint density at radius 2 is 1.82 bits per heavy atom. The topological polar surface area (TPSA) is 107 Å². The molecule has 1 aliphatic heterocycles. The maximum absolute atomic E-state index is 12.7. The summed E-state index contributed by atoms with van der Waals surface area (Å²) in [5, 5.41) is 14.8. The highest BCUT2D eigenvalue weighted by Gasteiger charge is 2.22. The molecule has 0 fully saturated rings. The van der Waals surface area contributed by atoms with Crippen LogP contribution in [-0.2, 0) is 22.6 Å². The van der Waals surface area contributed by atoms with Crippen LogP contribution in [0.25, 0.3) is 0 Å². The molecule has 3 aromatic rings. The van der Waals surface area contributed by atoms with Gasteiger partial charge in [-0.25, -0.2) is 0 Å². The van der Waals surface area contributed by atoms with Gasteiger partial charge in [0.2, 0.25) is 18.6 Å². The number of halogens is 1. The van der Waals surface area contributed by atoms with Gasteiger partial charge in [0.15, 0.2) is 16.7 Å². The van der Waals surface area contributed by atoms with E-state index >= 15 is 0 Å². The first-order valence-corrected chi connectivity index (χ1v) is 11.5. The Bertz CT molecular complexity index is 1170. The van der Waals surface area contributed by atoms with Crippen molar-refractivity contribution in [3.05, 3.63) is 53.3 Å². The van der Waals surface area contributed by atoms with Gasteiger partial charge in [-0.2, -0.15) is 0 Å². The van der Waals surface area contributed by atoms with E-state index in [0.717, 1.165) is 0 Å². The van der Waals surface area contributed by atoms with Crippen molar-refractivity contribution in [1.29, 1.82) is 0 Å². The number of anilines is 2. The molecule has 0 aliphatic carbocycles. The van der Waals surface area contributed by atoms with E-state index in [1.165, 1.54) is 11.8 Å². The largest absolute Gasteiger partial charge is 0.454 e. The highest BCUT2D eigenvalue weighted by Crippen LogP contribution is 2.34. The SMILES string of the molecule is CCn1c(CC(=O)Nc2ccc(Cl)cc2)nnc1SC(C)C(=O)Nc1ccc2c(c1)OCO2. The van der Waals surface area contributed by atoms with Crippen LogP contribution >= 0.6 is 23.4 Å². The smallest absolute Gasteiger partial charge is 0.237 e. The molecule has 2 N–H and O–H groups in total. The van der Waals surface area contributed by atoms with Crippen molar-refractivity contribution in [1.82, 2.24) is 14.8 Å². The van der Waals surface area contributed by atoms with Gasteiger partial charge in [-0.05, 0) is 50.2 Å². The minimum absolute atomic E-state index is 0.0573. The minimum Gasteiger partial charge on any atom is -0.454 e. The number of benzene rings is 2.